The van der Waals surface area contributed by atoms with Gasteiger partial charge in [-0.25, -0.2) is 10.5 Å². The lowest BCUT2D eigenvalue weighted by molar-refractivity contribution is -0.124. The number of nitrogens with one attached hydrogen (secondary N) is 1. The molecule has 0 spiro atoms. The number of nitrogens with zero attached hydrogens (tertiary/aromatic N) is 2. The van der Waals surface area contributed by atoms with E-state index in [9.17, 15) is 4.79 Å². The van der Waals surface area contributed by atoms with Crippen molar-refractivity contribution in [1.29, 1.82) is 0 Å². The standard InChI is InChI=1S/C24H21N3O2/c1-17(19-8-4-2-5-9-19)27-22-14-12-18(13-15-23(28)26-29)16-21(22)25-24(27)20-10-6-3-7-11-20/h2-17,29H,1H3,(H,26,28). The third kappa shape index (κ3) is 3.81. The summed E-state index contributed by atoms with van der Waals surface area (Å²) in [6, 6.07) is 26.5. The van der Waals surface area contributed by atoms with Crippen molar-refractivity contribution in [3.05, 3.63) is 96.1 Å². The number of hydroxylamine groups is 1. The van der Waals surface area contributed by atoms with E-state index < -0.39 is 5.91 Å². The molecule has 4 aromatic rings. The van der Waals surface area contributed by atoms with Crippen LogP contribution in [0.1, 0.15) is 24.1 Å². The molecule has 2 N–H and O–H groups in total. The van der Waals surface area contributed by atoms with Gasteiger partial charge in [0.05, 0.1) is 17.1 Å². The molecule has 0 fully saturated rings. The number of fused-ring (bicyclic) bond motifs is 1. The highest BCUT2D eigenvalue weighted by atomic mass is 16.5. The van der Waals surface area contributed by atoms with Crippen LogP contribution >= 0.6 is 0 Å². The van der Waals surface area contributed by atoms with Crippen LogP contribution in [0.3, 0.4) is 0 Å². The van der Waals surface area contributed by atoms with Crippen molar-refractivity contribution in [3.8, 4) is 11.4 Å². The van der Waals surface area contributed by atoms with E-state index in [1.807, 2.05) is 54.6 Å². The van der Waals surface area contributed by atoms with Crippen LogP contribution in [0, 0.1) is 0 Å². The van der Waals surface area contributed by atoms with Gasteiger partial charge in [-0.3, -0.25) is 10.0 Å². The predicted octanol–water partition coefficient (Wildman–Crippen LogP) is 4.83. The second kappa shape index (κ2) is 8.12. The third-order valence-electron chi connectivity index (χ3n) is 4.95. The molecule has 3 aromatic carbocycles. The van der Waals surface area contributed by atoms with Crippen molar-refractivity contribution in [2.24, 2.45) is 0 Å². The Bertz CT molecular complexity index is 1160. The lowest BCUT2D eigenvalue weighted by Crippen LogP contribution is -2.14. The molecular formula is C24H21N3O2. The second-order valence-electron chi connectivity index (χ2n) is 6.82. The van der Waals surface area contributed by atoms with Crippen LogP contribution in [-0.2, 0) is 4.79 Å². The minimum atomic E-state index is -0.571. The quantitative estimate of drug-likeness (QED) is 0.295. The Hall–Kier alpha value is -3.70. The van der Waals surface area contributed by atoms with Crippen molar-refractivity contribution in [2.75, 3.05) is 0 Å². The van der Waals surface area contributed by atoms with Crippen LogP contribution in [0.4, 0.5) is 0 Å². The SMILES string of the molecule is CC(c1ccccc1)n1c(-c2ccccc2)nc2cc(C=CC(=O)NO)ccc21. The number of hydrogen-bond donors (Lipinski definition) is 2. The first-order valence-corrected chi connectivity index (χ1v) is 9.42. The zero-order valence-electron chi connectivity index (χ0n) is 16.0. The van der Waals surface area contributed by atoms with Crippen molar-refractivity contribution in [3.63, 3.8) is 0 Å². The van der Waals surface area contributed by atoms with Crippen molar-refractivity contribution < 1.29 is 10.0 Å². The zero-order valence-corrected chi connectivity index (χ0v) is 16.0. The molecule has 5 heteroatoms. The van der Waals surface area contributed by atoms with Gasteiger partial charge in [0.25, 0.3) is 5.91 Å². The second-order valence-corrected chi connectivity index (χ2v) is 6.82. The minimum Gasteiger partial charge on any atom is -0.317 e. The molecule has 4 rings (SSSR count). The third-order valence-corrected chi connectivity index (χ3v) is 4.95. The Morgan fingerprint density at radius 2 is 1.72 bits per heavy atom. The summed E-state index contributed by atoms with van der Waals surface area (Å²) in [6.45, 7) is 2.17. The van der Waals surface area contributed by atoms with E-state index in [-0.39, 0.29) is 6.04 Å². The van der Waals surface area contributed by atoms with E-state index in [2.05, 4.69) is 35.8 Å². The van der Waals surface area contributed by atoms with Gasteiger partial charge in [-0.1, -0.05) is 66.7 Å². The molecule has 1 atom stereocenters. The highest BCUT2D eigenvalue weighted by molar-refractivity contribution is 5.92. The zero-order chi connectivity index (χ0) is 20.2. The predicted molar refractivity (Wildman–Crippen MR) is 114 cm³/mol. The first kappa shape index (κ1) is 18.7. The maximum Gasteiger partial charge on any atom is 0.267 e. The summed E-state index contributed by atoms with van der Waals surface area (Å²) in [7, 11) is 0. The molecular weight excluding hydrogens is 362 g/mol. The van der Waals surface area contributed by atoms with Gasteiger partial charge >= 0.3 is 0 Å². The summed E-state index contributed by atoms with van der Waals surface area (Å²) in [6.07, 6.45) is 2.93. The fourth-order valence-corrected chi connectivity index (χ4v) is 3.49. The van der Waals surface area contributed by atoms with Gasteiger partial charge < -0.3 is 4.57 Å². The number of carbonyl (C=O) groups excluding carboxylic acids is 1. The van der Waals surface area contributed by atoms with Crippen LogP contribution in [0.2, 0.25) is 0 Å². The summed E-state index contributed by atoms with van der Waals surface area (Å²) >= 11 is 0. The lowest BCUT2D eigenvalue weighted by atomic mass is 10.1. The van der Waals surface area contributed by atoms with Gasteiger partial charge in [-0.15, -0.1) is 0 Å². The first-order chi connectivity index (χ1) is 14.2. The highest BCUT2D eigenvalue weighted by Crippen LogP contribution is 2.32. The number of hydrogen-bond acceptors (Lipinski definition) is 3. The largest absolute Gasteiger partial charge is 0.317 e. The number of benzene rings is 3. The first-order valence-electron chi connectivity index (χ1n) is 9.42. The Morgan fingerprint density at radius 1 is 1.03 bits per heavy atom. The van der Waals surface area contributed by atoms with E-state index in [4.69, 9.17) is 10.2 Å². The summed E-state index contributed by atoms with van der Waals surface area (Å²) < 4.78 is 2.24. The van der Waals surface area contributed by atoms with Gasteiger partial charge in [0.2, 0.25) is 0 Å². The van der Waals surface area contributed by atoms with E-state index in [0.717, 1.165) is 28.0 Å². The van der Waals surface area contributed by atoms with E-state index in [1.54, 1.807) is 11.6 Å². The molecule has 5 nitrogen and oxygen atoms in total. The van der Waals surface area contributed by atoms with Crippen LogP contribution < -0.4 is 5.48 Å². The molecule has 29 heavy (non-hydrogen) atoms. The van der Waals surface area contributed by atoms with E-state index >= 15 is 0 Å². The molecule has 144 valence electrons. The molecule has 0 saturated carbocycles. The molecule has 1 unspecified atom stereocenters. The summed E-state index contributed by atoms with van der Waals surface area (Å²) in [4.78, 5) is 16.2. The van der Waals surface area contributed by atoms with Gasteiger partial charge in [0.1, 0.15) is 5.82 Å². The fourth-order valence-electron chi connectivity index (χ4n) is 3.49. The Balaban J connectivity index is 1.87. The lowest BCUT2D eigenvalue weighted by Gasteiger charge is -2.18. The molecule has 0 bridgehead atoms. The molecule has 0 saturated heterocycles. The normalized spacial score (nSPS) is 12.3. The van der Waals surface area contributed by atoms with Crippen molar-refractivity contribution in [1.82, 2.24) is 15.0 Å². The van der Waals surface area contributed by atoms with Gasteiger partial charge in [0, 0.05) is 11.6 Å². The Kier molecular flexibility index (Phi) is 5.22. The maximum atomic E-state index is 11.3. The average molecular weight is 383 g/mol. The smallest absolute Gasteiger partial charge is 0.267 e. The van der Waals surface area contributed by atoms with Gasteiger partial charge in [-0.05, 0) is 36.3 Å². The number of carbonyl (C=O) groups is 1. The molecule has 1 aromatic heterocycles. The molecule has 0 aliphatic carbocycles. The van der Waals surface area contributed by atoms with Gasteiger partial charge in [-0.2, -0.15) is 0 Å². The molecule has 1 amide bonds. The summed E-state index contributed by atoms with van der Waals surface area (Å²) in [5, 5.41) is 8.65. The van der Waals surface area contributed by atoms with Crippen LogP contribution in [0.25, 0.3) is 28.5 Å². The summed E-state index contributed by atoms with van der Waals surface area (Å²) in [5.41, 5.74) is 6.54. The van der Waals surface area contributed by atoms with Gasteiger partial charge in [0.15, 0.2) is 0 Å². The van der Waals surface area contributed by atoms with E-state index in [0.29, 0.717) is 0 Å². The Labute approximate surface area is 168 Å². The van der Waals surface area contributed by atoms with Crippen LogP contribution in [-0.4, -0.2) is 20.7 Å². The molecule has 0 aliphatic rings. The highest BCUT2D eigenvalue weighted by Gasteiger charge is 2.18. The number of amides is 1. The molecule has 1 heterocycles. The van der Waals surface area contributed by atoms with Crippen LogP contribution in [0.5, 0.6) is 0 Å². The topological polar surface area (TPSA) is 67.2 Å². The summed E-state index contributed by atoms with van der Waals surface area (Å²) in [5.74, 6) is 0.324. The fraction of sp³-hybridized carbons (Fsp3) is 0.0833. The minimum absolute atomic E-state index is 0.0953. The maximum absolute atomic E-state index is 11.3. The van der Waals surface area contributed by atoms with Crippen molar-refractivity contribution >= 4 is 23.0 Å². The number of imidazole rings is 1. The molecule has 0 aliphatic heterocycles. The Morgan fingerprint density at radius 3 is 2.41 bits per heavy atom. The monoisotopic (exact) mass is 383 g/mol. The van der Waals surface area contributed by atoms with E-state index in [1.165, 1.54) is 11.6 Å². The number of rotatable bonds is 5. The van der Waals surface area contributed by atoms with Crippen molar-refractivity contribution in [2.45, 2.75) is 13.0 Å². The van der Waals surface area contributed by atoms with Crippen LogP contribution in [0.15, 0.2) is 84.9 Å². The average Bonchev–Trinajstić information content (AvgIpc) is 3.16. The number of aromatic nitrogens is 2. The molecule has 0 radical (unpaired) electrons.